The van der Waals surface area contributed by atoms with Crippen molar-refractivity contribution in [1.82, 2.24) is 0 Å². The van der Waals surface area contributed by atoms with E-state index in [1.807, 2.05) is 6.08 Å². The van der Waals surface area contributed by atoms with E-state index in [1.54, 1.807) is 0 Å². The molecule has 0 unspecified atom stereocenters. The molecule has 124 valence electrons. The summed E-state index contributed by atoms with van der Waals surface area (Å²) in [6.45, 7) is 4.68. The molecule has 22 heavy (non-hydrogen) atoms. The highest BCUT2D eigenvalue weighted by molar-refractivity contribution is 5.21. The summed E-state index contributed by atoms with van der Waals surface area (Å²) in [5.41, 5.74) is 6.48. The first kappa shape index (κ1) is 15.0. The molecule has 0 radical (unpaired) electrons. The molecule has 8 atom stereocenters. The number of hydrogen-bond acceptors (Lipinski definition) is 3. The van der Waals surface area contributed by atoms with Gasteiger partial charge in [-0.2, -0.15) is 0 Å². The van der Waals surface area contributed by atoms with E-state index in [-0.39, 0.29) is 11.5 Å². The maximum absolute atomic E-state index is 10.9. The molecule has 3 heteroatoms. The molecule has 0 spiro atoms. The van der Waals surface area contributed by atoms with Gasteiger partial charge in [-0.15, -0.1) is 0 Å². The molecule has 0 bridgehead atoms. The average Bonchev–Trinajstić information content (AvgIpc) is 2.77. The lowest BCUT2D eigenvalue weighted by Crippen LogP contribution is -2.58. The quantitative estimate of drug-likeness (QED) is 0.643. The molecular weight excluding hydrogens is 274 g/mol. The Bertz CT molecular complexity index is 504. The summed E-state index contributed by atoms with van der Waals surface area (Å²) in [6, 6.07) is 0.327. The maximum atomic E-state index is 10.9. The zero-order valence-corrected chi connectivity index (χ0v) is 14.0. The Morgan fingerprint density at radius 1 is 1.14 bits per heavy atom. The highest BCUT2D eigenvalue weighted by Crippen LogP contribution is 2.65. The Kier molecular flexibility index (Phi) is 3.23. The molecule has 0 aliphatic heterocycles. The van der Waals surface area contributed by atoms with Crippen molar-refractivity contribution >= 4 is 0 Å². The molecule has 0 heterocycles. The molecule has 4 aliphatic carbocycles. The number of aliphatic hydroxyl groups excluding tert-OH is 2. The number of allylic oxidation sites excluding steroid dienone is 2. The van der Waals surface area contributed by atoms with E-state index in [9.17, 15) is 10.2 Å². The third kappa shape index (κ3) is 1.81. The molecule has 0 saturated heterocycles. The Balaban J connectivity index is 1.68. The Hall–Kier alpha value is -0.540. The van der Waals surface area contributed by atoms with Crippen LogP contribution in [-0.4, -0.2) is 22.4 Å². The van der Waals surface area contributed by atoms with E-state index >= 15 is 0 Å². The van der Waals surface area contributed by atoms with Crippen molar-refractivity contribution in [3.63, 3.8) is 0 Å². The minimum atomic E-state index is -0.211. The third-order valence-corrected chi connectivity index (χ3v) is 8.26. The van der Waals surface area contributed by atoms with Crippen LogP contribution < -0.4 is 5.73 Å². The van der Waals surface area contributed by atoms with Gasteiger partial charge in [-0.1, -0.05) is 13.8 Å². The third-order valence-electron chi connectivity index (χ3n) is 8.26. The van der Waals surface area contributed by atoms with Gasteiger partial charge in [0.25, 0.3) is 0 Å². The van der Waals surface area contributed by atoms with Crippen LogP contribution in [0.15, 0.2) is 11.8 Å². The molecule has 4 rings (SSSR count). The van der Waals surface area contributed by atoms with Crippen LogP contribution in [0.4, 0.5) is 0 Å². The van der Waals surface area contributed by atoms with E-state index in [0.29, 0.717) is 40.9 Å². The summed E-state index contributed by atoms with van der Waals surface area (Å²) >= 11 is 0. The van der Waals surface area contributed by atoms with Crippen molar-refractivity contribution in [3.8, 4) is 0 Å². The SMILES string of the molecule is C[C@]12CC[C@H](N)C[C@H]1C[C@H](O)[C@@H]1[C@@H]2CC[C@]2(C)C(O)=CC[C@@H]12. The summed E-state index contributed by atoms with van der Waals surface area (Å²) < 4.78 is 0. The lowest BCUT2D eigenvalue weighted by Gasteiger charge is -2.61. The second-order valence-electron chi connectivity index (χ2n) is 9.11. The van der Waals surface area contributed by atoms with E-state index in [4.69, 9.17) is 5.73 Å². The zero-order chi connectivity index (χ0) is 15.7. The first-order valence-electron chi connectivity index (χ1n) is 9.19. The van der Waals surface area contributed by atoms with Crippen LogP contribution in [0.5, 0.6) is 0 Å². The second kappa shape index (κ2) is 4.73. The molecular formula is C19H31NO2. The fourth-order valence-corrected chi connectivity index (χ4v) is 6.81. The molecule has 0 amide bonds. The van der Waals surface area contributed by atoms with Gasteiger partial charge in [0.15, 0.2) is 0 Å². The summed E-state index contributed by atoms with van der Waals surface area (Å²) in [7, 11) is 0. The van der Waals surface area contributed by atoms with Gasteiger partial charge in [-0.3, -0.25) is 0 Å². The summed E-state index contributed by atoms with van der Waals surface area (Å²) in [6.07, 6.45) is 9.33. The number of aliphatic hydroxyl groups is 2. The Labute approximate surface area is 134 Å². The minimum Gasteiger partial charge on any atom is -0.512 e. The van der Waals surface area contributed by atoms with Gasteiger partial charge in [0.2, 0.25) is 0 Å². The lowest BCUT2D eigenvalue weighted by atomic mass is 9.44. The van der Waals surface area contributed by atoms with Crippen molar-refractivity contribution in [2.24, 2.45) is 40.2 Å². The molecule has 3 nitrogen and oxygen atoms in total. The van der Waals surface area contributed by atoms with Gasteiger partial charge >= 0.3 is 0 Å². The van der Waals surface area contributed by atoms with E-state index in [0.717, 1.165) is 38.5 Å². The topological polar surface area (TPSA) is 66.5 Å². The summed E-state index contributed by atoms with van der Waals surface area (Å²) in [5, 5.41) is 21.3. The molecule has 4 N–H and O–H groups in total. The van der Waals surface area contributed by atoms with Crippen LogP contribution in [-0.2, 0) is 0 Å². The van der Waals surface area contributed by atoms with Crippen LogP contribution in [0.2, 0.25) is 0 Å². The summed E-state index contributed by atoms with van der Waals surface area (Å²) in [4.78, 5) is 0. The van der Waals surface area contributed by atoms with E-state index < -0.39 is 0 Å². The van der Waals surface area contributed by atoms with Crippen molar-refractivity contribution in [1.29, 1.82) is 0 Å². The molecule has 4 aliphatic rings. The van der Waals surface area contributed by atoms with Crippen molar-refractivity contribution < 1.29 is 10.2 Å². The van der Waals surface area contributed by atoms with Crippen molar-refractivity contribution in [2.75, 3.05) is 0 Å². The average molecular weight is 305 g/mol. The van der Waals surface area contributed by atoms with Gasteiger partial charge in [0, 0.05) is 11.5 Å². The molecule has 0 aromatic rings. The maximum Gasteiger partial charge on any atom is 0.0944 e. The van der Waals surface area contributed by atoms with Gasteiger partial charge in [0.1, 0.15) is 0 Å². The van der Waals surface area contributed by atoms with Gasteiger partial charge < -0.3 is 15.9 Å². The normalized spacial score (nSPS) is 57.5. The second-order valence-corrected chi connectivity index (χ2v) is 9.11. The first-order valence-corrected chi connectivity index (χ1v) is 9.19. The minimum absolute atomic E-state index is 0.0869. The van der Waals surface area contributed by atoms with E-state index in [2.05, 4.69) is 13.8 Å². The van der Waals surface area contributed by atoms with Crippen molar-refractivity contribution in [2.45, 2.75) is 70.9 Å². The van der Waals surface area contributed by atoms with Crippen molar-refractivity contribution in [3.05, 3.63) is 11.8 Å². The standard InChI is InChI=1S/C19H31NO2/c1-18-7-5-12(20)9-11(18)10-15(21)17-13-3-4-16(22)19(13,2)8-6-14(17)18/h4,11-15,17,21-22H,3,5-10,20H2,1-2H3/t11-,12-,13-,14-,15-,17-,18-,19-/m0/s1. The Morgan fingerprint density at radius 3 is 2.68 bits per heavy atom. The first-order chi connectivity index (χ1) is 10.4. The smallest absolute Gasteiger partial charge is 0.0944 e. The largest absolute Gasteiger partial charge is 0.512 e. The van der Waals surface area contributed by atoms with Gasteiger partial charge in [-0.25, -0.2) is 0 Å². The zero-order valence-electron chi connectivity index (χ0n) is 14.0. The van der Waals surface area contributed by atoms with Crippen LogP contribution in [0.1, 0.15) is 58.8 Å². The van der Waals surface area contributed by atoms with Crippen LogP contribution >= 0.6 is 0 Å². The Morgan fingerprint density at radius 2 is 1.91 bits per heavy atom. The number of fused-ring (bicyclic) bond motifs is 5. The predicted octanol–water partition coefficient (Wildman–Crippen LogP) is 3.38. The molecule has 3 saturated carbocycles. The number of nitrogens with two attached hydrogens (primary N) is 1. The fourth-order valence-electron chi connectivity index (χ4n) is 6.81. The highest BCUT2D eigenvalue weighted by Gasteiger charge is 2.61. The van der Waals surface area contributed by atoms with Gasteiger partial charge in [0.05, 0.1) is 11.9 Å². The highest BCUT2D eigenvalue weighted by atomic mass is 16.3. The molecule has 0 aromatic carbocycles. The molecule has 3 fully saturated rings. The molecule has 0 aromatic heterocycles. The summed E-state index contributed by atoms with van der Waals surface area (Å²) in [5.74, 6) is 2.55. The van der Waals surface area contributed by atoms with Crippen LogP contribution in [0.3, 0.4) is 0 Å². The predicted molar refractivity (Wildman–Crippen MR) is 87.2 cm³/mol. The number of hydrogen-bond donors (Lipinski definition) is 3. The fraction of sp³-hybridized carbons (Fsp3) is 0.895. The van der Waals surface area contributed by atoms with Gasteiger partial charge in [-0.05, 0) is 80.1 Å². The monoisotopic (exact) mass is 305 g/mol. The number of rotatable bonds is 0. The lowest BCUT2D eigenvalue weighted by molar-refractivity contribution is -0.159. The van der Waals surface area contributed by atoms with E-state index in [1.165, 1.54) is 6.42 Å². The van der Waals surface area contributed by atoms with Crippen LogP contribution in [0.25, 0.3) is 0 Å². The van der Waals surface area contributed by atoms with Crippen LogP contribution in [0, 0.1) is 34.5 Å².